The van der Waals surface area contributed by atoms with Gasteiger partial charge >= 0.3 is 5.97 Å². The third-order valence-electron chi connectivity index (χ3n) is 5.60. The van der Waals surface area contributed by atoms with Crippen molar-refractivity contribution in [2.45, 2.75) is 44.2 Å². The fraction of sp³-hybridized carbons (Fsp3) is 0.296. The van der Waals surface area contributed by atoms with Gasteiger partial charge in [-0.15, -0.1) is 0 Å². The summed E-state index contributed by atoms with van der Waals surface area (Å²) < 4.78 is 29.0. The average Bonchev–Trinajstić information content (AvgIpc) is 2.87. The van der Waals surface area contributed by atoms with Crippen molar-refractivity contribution in [3.05, 3.63) is 96.1 Å². The summed E-state index contributed by atoms with van der Waals surface area (Å²) in [6.07, 6.45) is -4.59. The molecule has 1 N–H and O–H groups in total. The van der Waals surface area contributed by atoms with Crippen LogP contribution in [0, 0.1) is 0 Å². The number of esters is 1. The molecule has 7 nitrogen and oxygen atoms in total. The number of hydrogen-bond acceptors (Lipinski definition) is 7. The normalized spacial score (nSPS) is 24.3. The van der Waals surface area contributed by atoms with E-state index in [2.05, 4.69) is 0 Å². The van der Waals surface area contributed by atoms with Crippen LogP contribution in [0.25, 0.3) is 0 Å². The maximum Gasteiger partial charge on any atom is 0.338 e. The van der Waals surface area contributed by atoms with Crippen molar-refractivity contribution >= 4 is 5.97 Å². The molecule has 5 atom stereocenters. The molecule has 0 spiro atoms. The van der Waals surface area contributed by atoms with Crippen molar-refractivity contribution in [1.29, 1.82) is 0 Å². The number of ether oxygens (including phenoxy) is 5. The molecule has 0 aliphatic carbocycles. The molecule has 1 saturated heterocycles. The van der Waals surface area contributed by atoms with E-state index in [0.29, 0.717) is 17.1 Å². The predicted molar refractivity (Wildman–Crippen MR) is 125 cm³/mol. The number of carbonyl (C=O) groups excluding carboxylic acids is 1. The van der Waals surface area contributed by atoms with E-state index in [1.54, 1.807) is 62.6 Å². The van der Waals surface area contributed by atoms with Gasteiger partial charge in [0.15, 0.2) is 6.10 Å². The Bertz CT molecular complexity index is 1040. The molecule has 4 rings (SSSR count). The van der Waals surface area contributed by atoms with Gasteiger partial charge in [-0.25, -0.2) is 4.79 Å². The first-order valence-electron chi connectivity index (χ1n) is 11.1. The van der Waals surface area contributed by atoms with Gasteiger partial charge < -0.3 is 28.8 Å². The van der Waals surface area contributed by atoms with Crippen LogP contribution in [0.1, 0.15) is 22.8 Å². The zero-order valence-electron chi connectivity index (χ0n) is 19.1. The van der Waals surface area contributed by atoms with Crippen molar-refractivity contribution in [3.63, 3.8) is 0 Å². The quantitative estimate of drug-likeness (QED) is 0.505. The maximum atomic E-state index is 12.7. The van der Waals surface area contributed by atoms with E-state index in [1.165, 1.54) is 0 Å². The summed E-state index contributed by atoms with van der Waals surface area (Å²) in [6.45, 7) is 1.95. The number of methoxy groups -OCH3 is 1. The Morgan fingerprint density at radius 3 is 2.15 bits per heavy atom. The molecule has 1 aliphatic rings. The molecule has 0 amide bonds. The van der Waals surface area contributed by atoms with Crippen LogP contribution in [-0.4, -0.2) is 48.9 Å². The summed E-state index contributed by atoms with van der Waals surface area (Å²) in [5, 5.41) is 11.2. The lowest BCUT2D eigenvalue weighted by Crippen LogP contribution is -2.60. The van der Waals surface area contributed by atoms with Crippen LogP contribution < -0.4 is 9.47 Å². The van der Waals surface area contributed by atoms with Gasteiger partial charge in [0.25, 0.3) is 0 Å². The Labute approximate surface area is 198 Å². The van der Waals surface area contributed by atoms with Crippen LogP contribution in [0.5, 0.6) is 11.5 Å². The zero-order chi connectivity index (χ0) is 23.9. The van der Waals surface area contributed by atoms with Crippen LogP contribution in [0.3, 0.4) is 0 Å². The van der Waals surface area contributed by atoms with Crippen LogP contribution in [0.15, 0.2) is 84.9 Å². The van der Waals surface area contributed by atoms with Gasteiger partial charge in [-0.05, 0) is 48.9 Å². The lowest BCUT2D eigenvalue weighted by Gasteiger charge is -2.42. The Morgan fingerprint density at radius 2 is 1.50 bits per heavy atom. The molecule has 7 heteroatoms. The van der Waals surface area contributed by atoms with Gasteiger partial charge in [0.1, 0.15) is 23.7 Å². The molecule has 1 aliphatic heterocycles. The van der Waals surface area contributed by atoms with Crippen LogP contribution in [0.4, 0.5) is 0 Å². The first-order chi connectivity index (χ1) is 16.5. The highest BCUT2D eigenvalue weighted by atomic mass is 16.7. The minimum atomic E-state index is -1.18. The highest BCUT2D eigenvalue weighted by Crippen LogP contribution is 2.30. The Morgan fingerprint density at radius 1 is 0.882 bits per heavy atom. The SMILES string of the molecule is COc1ccc(O[C@@H]2O[C@@H](C)[C@@H](OC(=O)c3ccccc3)[C@@H](O)[C@@H]2OCc2ccccc2)cc1. The van der Waals surface area contributed by atoms with E-state index in [-0.39, 0.29) is 6.61 Å². The minimum absolute atomic E-state index is 0.224. The van der Waals surface area contributed by atoms with Gasteiger partial charge in [-0.1, -0.05) is 48.5 Å². The van der Waals surface area contributed by atoms with E-state index in [4.69, 9.17) is 23.7 Å². The third-order valence-corrected chi connectivity index (χ3v) is 5.60. The molecule has 3 aromatic carbocycles. The fourth-order valence-electron chi connectivity index (χ4n) is 3.75. The first kappa shape index (κ1) is 23.8. The highest BCUT2D eigenvalue weighted by molar-refractivity contribution is 5.89. The molecule has 0 radical (unpaired) electrons. The van der Waals surface area contributed by atoms with Crippen molar-refractivity contribution < 1.29 is 33.6 Å². The number of hydrogen-bond donors (Lipinski definition) is 1. The number of aliphatic hydroxyl groups excluding tert-OH is 1. The number of carbonyl (C=O) groups is 1. The fourth-order valence-corrected chi connectivity index (χ4v) is 3.75. The Balaban J connectivity index is 1.52. The number of rotatable bonds is 8. The average molecular weight is 465 g/mol. The molecule has 0 aromatic heterocycles. The second-order valence-electron chi connectivity index (χ2n) is 7.99. The third kappa shape index (κ3) is 5.75. The van der Waals surface area contributed by atoms with E-state index in [0.717, 1.165) is 5.56 Å². The van der Waals surface area contributed by atoms with Crippen molar-refractivity contribution in [2.24, 2.45) is 0 Å². The summed E-state index contributed by atoms with van der Waals surface area (Å²) in [7, 11) is 1.59. The standard InChI is InChI=1S/C27H28O7/c1-18-24(34-26(29)20-11-7-4-8-12-20)23(28)25(31-17-19-9-5-3-6-10-19)27(32-18)33-22-15-13-21(30-2)14-16-22/h3-16,18,23-25,27-28H,17H2,1-2H3/t18-,23+,24+,25-,27-/m0/s1. The van der Waals surface area contributed by atoms with E-state index >= 15 is 0 Å². The molecule has 178 valence electrons. The zero-order valence-corrected chi connectivity index (χ0v) is 19.1. The molecule has 34 heavy (non-hydrogen) atoms. The van der Waals surface area contributed by atoms with Crippen molar-refractivity contribution in [3.8, 4) is 11.5 Å². The van der Waals surface area contributed by atoms with Gasteiger partial charge in [0.05, 0.1) is 25.4 Å². The number of aliphatic hydroxyl groups is 1. The van der Waals surface area contributed by atoms with Crippen molar-refractivity contribution in [2.75, 3.05) is 7.11 Å². The number of benzene rings is 3. The summed E-state index contributed by atoms with van der Waals surface area (Å²) in [5.74, 6) is 0.671. The molecule has 0 bridgehead atoms. The molecule has 3 aromatic rings. The lowest BCUT2D eigenvalue weighted by atomic mass is 9.99. The summed E-state index contributed by atoms with van der Waals surface area (Å²) >= 11 is 0. The van der Waals surface area contributed by atoms with E-state index in [9.17, 15) is 9.90 Å². The lowest BCUT2D eigenvalue weighted by molar-refractivity contribution is -0.280. The Hall–Kier alpha value is -3.39. The van der Waals surface area contributed by atoms with Crippen LogP contribution in [0.2, 0.25) is 0 Å². The van der Waals surface area contributed by atoms with Gasteiger partial charge in [0.2, 0.25) is 6.29 Å². The first-order valence-corrected chi connectivity index (χ1v) is 11.1. The van der Waals surface area contributed by atoms with E-state index in [1.807, 2.05) is 36.4 Å². The van der Waals surface area contributed by atoms with Gasteiger partial charge in [-0.2, -0.15) is 0 Å². The second kappa shape index (κ2) is 11.2. The predicted octanol–water partition coefficient (Wildman–Crippen LogP) is 3.99. The topological polar surface area (TPSA) is 83.5 Å². The smallest absolute Gasteiger partial charge is 0.338 e. The summed E-state index contributed by atoms with van der Waals surface area (Å²) in [5.41, 5.74) is 1.31. The molecular weight excluding hydrogens is 436 g/mol. The van der Waals surface area contributed by atoms with Crippen LogP contribution in [-0.2, 0) is 20.8 Å². The minimum Gasteiger partial charge on any atom is -0.497 e. The molecule has 1 heterocycles. The highest BCUT2D eigenvalue weighted by Gasteiger charge is 2.47. The largest absolute Gasteiger partial charge is 0.497 e. The Kier molecular flexibility index (Phi) is 7.80. The van der Waals surface area contributed by atoms with E-state index < -0.39 is 36.7 Å². The van der Waals surface area contributed by atoms with Crippen LogP contribution >= 0.6 is 0 Å². The van der Waals surface area contributed by atoms with Gasteiger partial charge in [-0.3, -0.25) is 0 Å². The maximum absolute atomic E-state index is 12.7. The molecule has 0 unspecified atom stereocenters. The molecular formula is C27H28O7. The summed E-state index contributed by atoms with van der Waals surface area (Å²) in [4.78, 5) is 12.7. The monoisotopic (exact) mass is 464 g/mol. The van der Waals surface area contributed by atoms with Crippen molar-refractivity contribution in [1.82, 2.24) is 0 Å². The second-order valence-corrected chi connectivity index (χ2v) is 7.99. The molecule has 1 fully saturated rings. The van der Waals surface area contributed by atoms with Gasteiger partial charge in [0, 0.05) is 0 Å². The molecule has 0 saturated carbocycles. The summed E-state index contributed by atoms with van der Waals surface area (Å²) in [6, 6.07) is 25.2.